The van der Waals surface area contributed by atoms with Crippen LogP contribution in [0.1, 0.15) is 0 Å². The van der Waals surface area contributed by atoms with Crippen LogP contribution in [-0.2, 0) is 21.6 Å². The Kier molecular flexibility index (Phi) is 6.80. The largest absolute Gasteiger partial charge is 0.726 e. The van der Waals surface area contributed by atoms with Crippen LogP contribution in [0.15, 0.2) is 46.8 Å². The third kappa shape index (κ3) is 5.32. The van der Waals surface area contributed by atoms with Gasteiger partial charge in [0.2, 0.25) is 10.4 Å². The zero-order valence-electron chi connectivity index (χ0n) is 17.0. The minimum atomic E-state index is -4.41. The summed E-state index contributed by atoms with van der Waals surface area (Å²) in [5.41, 5.74) is 2.79. The average Bonchev–Trinajstić information content (AvgIpc) is 3.34. The summed E-state index contributed by atoms with van der Waals surface area (Å²) in [5, 5.41) is 17.7. The van der Waals surface area contributed by atoms with Crippen LogP contribution in [0.4, 0.5) is 10.8 Å². The van der Waals surface area contributed by atoms with Gasteiger partial charge in [-0.25, -0.2) is 13.0 Å². The Hall–Kier alpha value is -3.13. The highest BCUT2D eigenvalue weighted by atomic mass is 32.3. The van der Waals surface area contributed by atoms with E-state index in [1.165, 1.54) is 0 Å². The normalized spacial score (nSPS) is 11.6. The van der Waals surface area contributed by atoms with Gasteiger partial charge in [-0.2, -0.15) is 5.10 Å². The number of H-pyrrole nitrogens is 1. The number of fused-ring (bicyclic) bond motifs is 2. The van der Waals surface area contributed by atoms with Crippen LogP contribution in [0.2, 0.25) is 0 Å². The molecule has 4 aromatic rings. The van der Waals surface area contributed by atoms with Crippen molar-refractivity contribution in [2.75, 3.05) is 21.3 Å². The molecule has 0 amide bonds. The average molecular weight is 466 g/mol. The van der Waals surface area contributed by atoms with Crippen molar-refractivity contribution in [3.8, 4) is 11.5 Å². The summed E-state index contributed by atoms with van der Waals surface area (Å²) >= 11 is 1.58. The quantitative estimate of drug-likeness (QED) is 0.206. The molecule has 0 atom stereocenters. The van der Waals surface area contributed by atoms with E-state index >= 15 is 0 Å². The topological polar surface area (TPSA) is 142 Å². The highest BCUT2D eigenvalue weighted by Gasteiger charge is 2.17. The van der Waals surface area contributed by atoms with Crippen molar-refractivity contribution in [2.45, 2.75) is 0 Å². The van der Waals surface area contributed by atoms with E-state index in [0.29, 0.717) is 17.2 Å². The molecule has 0 fully saturated rings. The van der Waals surface area contributed by atoms with E-state index in [2.05, 4.69) is 36.7 Å². The minimum Gasteiger partial charge on any atom is -0.726 e. The Labute approximate surface area is 181 Å². The number of aromatic nitrogens is 3. The minimum absolute atomic E-state index is 0.626. The Morgan fingerprint density at radius 1 is 1.10 bits per heavy atom. The van der Waals surface area contributed by atoms with Gasteiger partial charge in [-0.15, -0.1) is 0 Å². The van der Waals surface area contributed by atoms with Crippen LogP contribution >= 0.6 is 11.3 Å². The molecule has 0 saturated carbocycles. The maximum absolute atomic E-state index is 9.22. The molecule has 0 spiro atoms. The van der Waals surface area contributed by atoms with Crippen molar-refractivity contribution in [3.05, 3.63) is 36.5 Å². The number of hydrogen-bond acceptors (Lipinski definition) is 10. The monoisotopic (exact) mass is 465 g/mol. The summed E-state index contributed by atoms with van der Waals surface area (Å²) in [7, 11) is 1.57. The first-order valence-electron chi connectivity index (χ1n) is 8.66. The second-order valence-corrected chi connectivity index (χ2v) is 8.19. The predicted molar refractivity (Wildman–Crippen MR) is 113 cm³/mol. The first kappa shape index (κ1) is 22.6. The summed E-state index contributed by atoms with van der Waals surface area (Å²) in [6.45, 7) is 0. The van der Waals surface area contributed by atoms with Crippen LogP contribution in [0.3, 0.4) is 0 Å². The molecule has 0 bridgehead atoms. The van der Waals surface area contributed by atoms with Crippen LogP contribution in [0, 0.1) is 0 Å². The van der Waals surface area contributed by atoms with Gasteiger partial charge >= 0.3 is 5.13 Å². The van der Waals surface area contributed by atoms with Gasteiger partial charge in [0.15, 0.2) is 11.5 Å². The van der Waals surface area contributed by atoms with Crippen LogP contribution in [-0.4, -0.2) is 44.5 Å². The van der Waals surface area contributed by atoms with E-state index in [4.69, 9.17) is 9.47 Å². The second kappa shape index (κ2) is 9.34. The second-order valence-electron chi connectivity index (χ2n) is 6.04. The van der Waals surface area contributed by atoms with Crippen LogP contribution in [0.5, 0.6) is 11.5 Å². The van der Waals surface area contributed by atoms with Gasteiger partial charge in [0.05, 0.1) is 49.9 Å². The number of methoxy groups -OCH3 is 2. The summed E-state index contributed by atoms with van der Waals surface area (Å²) in [6, 6.07) is 9.63. The molecule has 2 heterocycles. The smallest absolute Gasteiger partial charge is 0.409 e. The lowest BCUT2D eigenvalue weighted by molar-refractivity contribution is -0.627. The van der Waals surface area contributed by atoms with Gasteiger partial charge in [-0.3, -0.25) is 9.28 Å². The summed E-state index contributed by atoms with van der Waals surface area (Å²) in [5.74, 6) is 1.29. The van der Waals surface area contributed by atoms with Gasteiger partial charge in [0.1, 0.15) is 11.2 Å². The van der Waals surface area contributed by atoms with Gasteiger partial charge in [0.25, 0.3) is 0 Å². The van der Waals surface area contributed by atoms with Gasteiger partial charge < -0.3 is 14.0 Å². The Balaban J connectivity index is 0.000000401. The molecule has 0 aliphatic heterocycles. The van der Waals surface area contributed by atoms with Crippen LogP contribution in [0.25, 0.3) is 21.1 Å². The molecule has 2 aromatic heterocycles. The van der Waals surface area contributed by atoms with E-state index in [9.17, 15) is 13.0 Å². The fraction of sp³-hybridized carbons (Fsp3) is 0.222. The molecular formula is C18H19N5O6S2. The number of nitrogens with zero attached hydrogens (tertiary/aromatic N) is 4. The maximum Gasteiger partial charge on any atom is 0.409 e. The molecule has 4 rings (SSSR count). The van der Waals surface area contributed by atoms with Crippen LogP contribution < -0.4 is 14.0 Å². The summed E-state index contributed by atoms with van der Waals surface area (Å²) in [6.07, 6.45) is 1.82. The van der Waals surface area contributed by atoms with Crippen molar-refractivity contribution in [3.63, 3.8) is 0 Å². The summed E-state index contributed by atoms with van der Waals surface area (Å²) in [4.78, 5) is 0. The number of aromatic amines is 1. The molecule has 31 heavy (non-hydrogen) atoms. The number of rotatable bonds is 5. The number of hydrogen-bond donors (Lipinski definition) is 1. The van der Waals surface area contributed by atoms with E-state index in [1.807, 2.05) is 29.9 Å². The number of nitrogens with one attached hydrogen (secondary N) is 1. The van der Waals surface area contributed by atoms with Crippen molar-refractivity contribution in [2.24, 2.45) is 17.3 Å². The highest BCUT2D eigenvalue weighted by molar-refractivity contribution is 7.80. The van der Waals surface area contributed by atoms with Crippen molar-refractivity contribution >= 4 is 53.7 Å². The SMILES string of the molecule is COS(=O)(=O)[O-].COc1ccc(/N=N/c2sc3cc4cn[nH]c4cc3[n+]2C)cc1OC. The Bertz CT molecular complexity index is 1350. The molecule has 164 valence electrons. The van der Waals surface area contributed by atoms with E-state index in [0.717, 1.165) is 33.4 Å². The standard InChI is InChI=1S/C17H16N5O2S.CH4O4S/c1-22-13-8-12-10(9-18-20-12)6-16(13)25-17(22)21-19-11-4-5-14(23-2)15(7-11)24-3;1-5-6(2,3)4/h4-9H,1-3H3,(H,18,20);1H3,(H,2,3,4)/q+1;/p-1. The molecule has 0 aliphatic carbocycles. The molecule has 0 radical (unpaired) electrons. The van der Waals surface area contributed by atoms with Crippen molar-refractivity contribution in [1.82, 2.24) is 10.2 Å². The summed E-state index contributed by atoms with van der Waals surface area (Å²) < 4.78 is 44.7. The van der Waals surface area contributed by atoms with E-state index in [-0.39, 0.29) is 0 Å². The maximum atomic E-state index is 9.22. The van der Waals surface area contributed by atoms with Gasteiger partial charge in [0, 0.05) is 17.5 Å². The Morgan fingerprint density at radius 2 is 1.81 bits per heavy atom. The Morgan fingerprint density at radius 3 is 2.45 bits per heavy atom. The highest BCUT2D eigenvalue weighted by Crippen LogP contribution is 2.33. The molecule has 0 unspecified atom stereocenters. The lowest BCUT2D eigenvalue weighted by Crippen LogP contribution is -2.25. The zero-order valence-corrected chi connectivity index (χ0v) is 18.7. The number of benzene rings is 2. The van der Waals surface area contributed by atoms with Gasteiger partial charge in [-0.05, 0) is 34.7 Å². The molecular weight excluding hydrogens is 446 g/mol. The molecule has 0 aliphatic rings. The number of azo groups is 1. The first-order valence-corrected chi connectivity index (χ1v) is 10.8. The van der Waals surface area contributed by atoms with Crippen molar-refractivity contribution < 1.29 is 31.2 Å². The third-order valence-electron chi connectivity index (χ3n) is 4.19. The number of ether oxygens (including phenoxy) is 2. The molecule has 11 nitrogen and oxygen atoms in total. The molecule has 2 aromatic carbocycles. The van der Waals surface area contributed by atoms with Crippen molar-refractivity contribution in [1.29, 1.82) is 0 Å². The fourth-order valence-corrected chi connectivity index (χ4v) is 3.65. The van der Waals surface area contributed by atoms with E-state index < -0.39 is 10.4 Å². The van der Waals surface area contributed by atoms with Gasteiger partial charge in [-0.1, -0.05) is 0 Å². The fourth-order valence-electron chi connectivity index (χ4n) is 2.65. The number of thiazole rings is 1. The lowest BCUT2D eigenvalue weighted by Gasteiger charge is -2.06. The zero-order chi connectivity index (χ0) is 22.6. The van der Waals surface area contributed by atoms with E-state index in [1.54, 1.807) is 31.6 Å². The first-order chi connectivity index (χ1) is 14.8. The lowest BCUT2D eigenvalue weighted by atomic mass is 10.2. The molecule has 0 saturated heterocycles. The third-order valence-corrected chi connectivity index (χ3v) is 5.68. The molecule has 1 N–H and O–H groups in total. The molecule has 13 heteroatoms. The predicted octanol–water partition coefficient (Wildman–Crippen LogP) is 3.13. The number of aryl methyl sites for hydroxylation is 1.